The number of rotatable bonds is 2. The zero-order valence-corrected chi connectivity index (χ0v) is 10.2. The van der Waals surface area contributed by atoms with Crippen molar-refractivity contribution in [1.82, 2.24) is 0 Å². The van der Waals surface area contributed by atoms with Crippen molar-refractivity contribution in [3.05, 3.63) is 0 Å². The summed E-state index contributed by atoms with van der Waals surface area (Å²) in [7, 11) is 0.507. The third kappa shape index (κ3) is 2.62. The molecule has 0 unspecified atom stereocenters. The van der Waals surface area contributed by atoms with Crippen molar-refractivity contribution in [2.45, 2.75) is 74.7 Å². The zero-order chi connectivity index (χ0) is 9.80. The summed E-state index contributed by atoms with van der Waals surface area (Å²) in [4.78, 5) is 0. The van der Waals surface area contributed by atoms with E-state index in [1.165, 1.54) is 64.2 Å². The van der Waals surface area contributed by atoms with Gasteiger partial charge >= 0.3 is 0 Å². The molecule has 1 heteroatoms. The van der Waals surface area contributed by atoms with Crippen LogP contribution in [0.1, 0.15) is 64.2 Å². The van der Waals surface area contributed by atoms with Gasteiger partial charge in [0.25, 0.3) is 0 Å². The van der Waals surface area contributed by atoms with Crippen molar-refractivity contribution >= 4 is 16.4 Å². The van der Waals surface area contributed by atoms with Crippen LogP contribution in [0.5, 0.6) is 0 Å². The summed E-state index contributed by atoms with van der Waals surface area (Å²) in [6.45, 7) is 0. The molecule has 2 saturated carbocycles. The molecule has 0 heterocycles. The highest BCUT2D eigenvalue weighted by Gasteiger charge is 2.23. The molecule has 0 spiro atoms. The lowest BCUT2D eigenvalue weighted by Crippen LogP contribution is -2.19. The maximum Gasteiger partial charge on any atom is -0.000535 e. The molecule has 2 fully saturated rings. The standard InChI is InChI=1S/C13H24S/c1-14(12-8-4-2-5-9-12)13-10-6-3-7-11-13/h12-13H,1-11H2. The Labute approximate surface area is 91.4 Å². The van der Waals surface area contributed by atoms with Crippen LogP contribution in [0, 0.1) is 0 Å². The van der Waals surface area contributed by atoms with Gasteiger partial charge < -0.3 is 0 Å². The van der Waals surface area contributed by atoms with Crippen LogP contribution in [0.4, 0.5) is 0 Å². The molecule has 0 radical (unpaired) electrons. The molecule has 0 nitrogen and oxygen atoms in total. The molecular formula is C13H24S. The molecule has 0 amide bonds. The van der Waals surface area contributed by atoms with Gasteiger partial charge in [0.2, 0.25) is 0 Å². The Morgan fingerprint density at radius 2 is 1.00 bits per heavy atom. The Kier molecular flexibility index (Phi) is 4.10. The molecule has 0 N–H and O–H groups in total. The highest BCUT2D eigenvalue weighted by molar-refractivity contribution is 8.15. The van der Waals surface area contributed by atoms with Gasteiger partial charge in [-0.1, -0.05) is 44.4 Å². The summed E-state index contributed by atoms with van der Waals surface area (Å²) in [5.41, 5.74) is 0. The monoisotopic (exact) mass is 212 g/mol. The van der Waals surface area contributed by atoms with Gasteiger partial charge in [-0.2, -0.15) is 10.5 Å². The lowest BCUT2D eigenvalue weighted by molar-refractivity contribution is 0.494. The largest absolute Gasteiger partial charge is 0.187 e. The Bertz CT molecular complexity index is 165. The van der Waals surface area contributed by atoms with E-state index in [0.717, 1.165) is 10.5 Å². The summed E-state index contributed by atoms with van der Waals surface area (Å²) >= 11 is 0. The van der Waals surface area contributed by atoms with E-state index >= 15 is 0 Å². The van der Waals surface area contributed by atoms with E-state index in [9.17, 15) is 0 Å². The lowest BCUT2D eigenvalue weighted by Gasteiger charge is -2.32. The minimum Gasteiger partial charge on any atom is -0.187 e. The normalized spacial score (nSPS) is 26.9. The van der Waals surface area contributed by atoms with Crippen LogP contribution >= 0.6 is 10.5 Å². The third-order valence-corrected chi connectivity index (χ3v) is 6.62. The van der Waals surface area contributed by atoms with E-state index in [4.69, 9.17) is 0 Å². The minimum absolute atomic E-state index is 0.507. The fraction of sp³-hybridized carbons (Fsp3) is 0.923. The summed E-state index contributed by atoms with van der Waals surface area (Å²) < 4.78 is 0. The van der Waals surface area contributed by atoms with Crippen molar-refractivity contribution in [1.29, 1.82) is 0 Å². The van der Waals surface area contributed by atoms with Gasteiger partial charge in [-0.05, 0) is 36.2 Å². The smallest absolute Gasteiger partial charge is 0.000535 e. The van der Waals surface area contributed by atoms with Gasteiger partial charge in [0.15, 0.2) is 0 Å². The molecule has 0 aromatic heterocycles. The van der Waals surface area contributed by atoms with Crippen LogP contribution in [0.2, 0.25) is 0 Å². The van der Waals surface area contributed by atoms with E-state index in [1.54, 1.807) is 0 Å². The fourth-order valence-electron chi connectivity index (χ4n) is 3.01. The maximum absolute atomic E-state index is 4.51. The van der Waals surface area contributed by atoms with Crippen LogP contribution in [-0.2, 0) is 0 Å². The maximum atomic E-state index is 4.51. The highest BCUT2D eigenvalue weighted by Crippen LogP contribution is 2.40. The second kappa shape index (κ2) is 5.34. The molecule has 82 valence electrons. The quantitative estimate of drug-likeness (QED) is 0.597. The Hall–Kier alpha value is 0.220. The molecular weight excluding hydrogens is 188 g/mol. The summed E-state index contributed by atoms with van der Waals surface area (Å²) in [5.74, 6) is 4.51. The summed E-state index contributed by atoms with van der Waals surface area (Å²) in [5, 5.41) is 2.01. The second-order valence-corrected chi connectivity index (χ2v) is 7.26. The molecule has 2 rings (SSSR count). The SMILES string of the molecule is C=S(C1CCCCC1)C1CCCCC1. The van der Waals surface area contributed by atoms with Crippen molar-refractivity contribution in [2.24, 2.45) is 0 Å². The molecule has 0 saturated heterocycles. The summed E-state index contributed by atoms with van der Waals surface area (Å²) in [6, 6.07) is 0. The minimum atomic E-state index is 0.507. The van der Waals surface area contributed by atoms with Crippen LogP contribution in [0.25, 0.3) is 0 Å². The van der Waals surface area contributed by atoms with Gasteiger partial charge in [-0.3, -0.25) is 0 Å². The summed E-state index contributed by atoms with van der Waals surface area (Å²) in [6.07, 6.45) is 14.9. The first-order valence-corrected chi connectivity index (χ1v) is 7.91. The van der Waals surface area contributed by atoms with E-state index in [-0.39, 0.29) is 0 Å². The van der Waals surface area contributed by atoms with E-state index < -0.39 is 0 Å². The number of hydrogen-bond donors (Lipinski definition) is 0. The van der Waals surface area contributed by atoms with Crippen LogP contribution in [0.15, 0.2) is 0 Å². The molecule has 0 bridgehead atoms. The molecule has 2 aliphatic carbocycles. The fourth-order valence-corrected chi connectivity index (χ4v) is 5.43. The predicted octanol–water partition coefficient (Wildman–Crippen LogP) is 4.35. The van der Waals surface area contributed by atoms with Crippen molar-refractivity contribution in [3.8, 4) is 0 Å². The van der Waals surface area contributed by atoms with Crippen molar-refractivity contribution in [2.75, 3.05) is 0 Å². The van der Waals surface area contributed by atoms with E-state index in [0.29, 0.717) is 10.5 Å². The Morgan fingerprint density at radius 3 is 1.36 bits per heavy atom. The van der Waals surface area contributed by atoms with Crippen molar-refractivity contribution in [3.63, 3.8) is 0 Å². The first-order valence-electron chi connectivity index (χ1n) is 6.39. The van der Waals surface area contributed by atoms with Gasteiger partial charge in [0.1, 0.15) is 0 Å². The molecule has 2 aliphatic rings. The van der Waals surface area contributed by atoms with Gasteiger partial charge in [0, 0.05) is 0 Å². The first-order chi connectivity index (χ1) is 6.88. The van der Waals surface area contributed by atoms with Gasteiger partial charge in [-0.15, -0.1) is 0 Å². The zero-order valence-electron chi connectivity index (χ0n) is 9.34. The number of hydrogen-bond acceptors (Lipinski definition) is 0. The highest BCUT2D eigenvalue weighted by atomic mass is 32.2. The Morgan fingerprint density at radius 1 is 0.643 bits per heavy atom. The lowest BCUT2D eigenvalue weighted by atomic mass is 10.00. The van der Waals surface area contributed by atoms with Crippen LogP contribution in [0.3, 0.4) is 0 Å². The second-order valence-electron chi connectivity index (χ2n) is 4.99. The molecule has 14 heavy (non-hydrogen) atoms. The first kappa shape index (κ1) is 10.7. The predicted molar refractivity (Wildman–Crippen MR) is 68.5 cm³/mol. The van der Waals surface area contributed by atoms with E-state index in [2.05, 4.69) is 5.87 Å². The molecule has 0 aromatic rings. The van der Waals surface area contributed by atoms with Crippen molar-refractivity contribution < 1.29 is 0 Å². The topological polar surface area (TPSA) is 0 Å². The molecule has 0 aliphatic heterocycles. The average molecular weight is 212 g/mol. The molecule has 0 atom stereocenters. The van der Waals surface area contributed by atoms with E-state index in [1.807, 2.05) is 0 Å². The van der Waals surface area contributed by atoms with Crippen LogP contribution in [-0.4, -0.2) is 16.4 Å². The molecule has 0 aromatic carbocycles. The van der Waals surface area contributed by atoms with Crippen LogP contribution < -0.4 is 0 Å². The average Bonchev–Trinajstić information content (AvgIpc) is 2.30. The Balaban J connectivity index is 1.85. The van der Waals surface area contributed by atoms with Gasteiger partial charge in [0.05, 0.1) is 0 Å². The van der Waals surface area contributed by atoms with Gasteiger partial charge in [-0.25, -0.2) is 0 Å². The third-order valence-electron chi connectivity index (χ3n) is 3.96.